The highest BCUT2D eigenvalue weighted by Crippen LogP contribution is 2.47. The Labute approximate surface area is 79.6 Å². The highest BCUT2D eigenvalue weighted by molar-refractivity contribution is 6.31. The van der Waals surface area contributed by atoms with Gasteiger partial charge in [-0.3, -0.25) is 0 Å². The van der Waals surface area contributed by atoms with Gasteiger partial charge < -0.3 is 10.2 Å². The molecule has 13 heavy (non-hydrogen) atoms. The molecule has 2 rings (SSSR count). The Bertz CT molecular complexity index is 338. The van der Waals surface area contributed by atoms with Crippen LogP contribution in [0.5, 0.6) is 5.75 Å². The number of halogens is 2. The summed E-state index contributed by atoms with van der Waals surface area (Å²) in [5.74, 6) is -1.35. The highest BCUT2D eigenvalue weighted by atomic mass is 35.5. The molecule has 0 radical (unpaired) electrons. The second kappa shape index (κ2) is 2.59. The summed E-state index contributed by atoms with van der Waals surface area (Å²) in [6.45, 7) is 0. The summed E-state index contributed by atoms with van der Waals surface area (Å²) in [5.41, 5.74) is -0.411. The fourth-order valence-electron chi connectivity index (χ4n) is 1.25. The molecule has 0 aromatic heterocycles. The zero-order valence-electron chi connectivity index (χ0n) is 6.72. The topological polar surface area (TPSA) is 40.5 Å². The van der Waals surface area contributed by atoms with E-state index in [0.29, 0.717) is 18.4 Å². The van der Waals surface area contributed by atoms with Crippen LogP contribution in [-0.2, 0) is 5.60 Å². The van der Waals surface area contributed by atoms with Gasteiger partial charge in [-0.15, -0.1) is 0 Å². The minimum Gasteiger partial charge on any atom is -0.505 e. The zero-order valence-corrected chi connectivity index (χ0v) is 7.48. The van der Waals surface area contributed by atoms with Crippen LogP contribution in [0.3, 0.4) is 0 Å². The van der Waals surface area contributed by atoms with E-state index < -0.39 is 17.2 Å². The standard InChI is InChI=1S/C9H8ClFO2/c10-6-3-5(9(13)1-2-9)4-7(12)8(6)11/h3-4,12-13H,1-2H2. The Kier molecular flexibility index (Phi) is 1.75. The highest BCUT2D eigenvalue weighted by Gasteiger charge is 2.42. The fourth-order valence-corrected chi connectivity index (χ4v) is 1.46. The quantitative estimate of drug-likeness (QED) is 0.733. The van der Waals surface area contributed by atoms with Gasteiger partial charge in [-0.05, 0) is 30.5 Å². The molecule has 4 heteroatoms. The van der Waals surface area contributed by atoms with Gasteiger partial charge in [-0.25, -0.2) is 4.39 Å². The van der Waals surface area contributed by atoms with Crippen molar-refractivity contribution in [2.24, 2.45) is 0 Å². The summed E-state index contributed by atoms with van der Waals surface area (Å²) >= 11 is 5.51. The Morgan fingerprint density at radius 1 is 1.38 bits per heavy atom. The molecule has 2 nitrogen and oxygen atoms in total. The number of aliphatic hydroxyl groups is 1. The van der Waals surface area contributed by atoms with Gasteiger partial charge in [0.1, 0.15) is 0 Å². The lowest BCUT2D eigenvalue weighted by molar-refractivity contribution is 0.151. The smallest absolute Gasteiger partial charge is 0.183 e. The molecule has 0 unspecified atom stereocenters. The van der Waals surface area contributed by atoms with Crippen molar-refractivity contribution >= 4 is 11.6 Å². The summed E-state index contributed by atoms with van der Waals surface area (Å²) in [4.78, 5) is 0. The van der Waals surface area contributed by atoms with Gasteiger partial charge >= 0.3 is 0 Å². The Morgan fingerprint density at radius 3 is 2.46 bits per heavy atom. The van der Waals surface area contributed by atoms with E-state index in [1.165, 1.54) is 12.1 Å². The van der Waals surface area contributed by atoms with E-state index in [0.717, 1.165) is 0 Å². The SMILES string of the molecule is Oc1cc(C2(O)CC2)cc(Cl)c1F. The first kappa shape index (κ1) is 8.78. The van der Waals surface area contributed by atoms with Gasteiger partial charge in [0.05, 0.1) is 10.6 Å². The molecule has 1 aliphatic rings. The number of rotatable bonds is 1. The number of benzene rings is 1. The van der Waals surface area contributed by atoms with E-state index in [4.69, 9.17) is 16.7 Å². The normalized spacial score (nSPS) is 18.7. The van der Waals surface area contributed by atoms with Crippen molar-refractivity contribution in [2.45, 2.75) is 18.4 Å². The van der Waals surface area contributed by atoms with Crippen LogP contribution in [0.2, 0.25) is 5.02 Å². The molecule has 0 aliphatic heterocycles. The van der Waals surface area contributed by atoms with Crippen LogP contribution in [0.4, 0.5) is 4.39 Å². The van der Waals surface area contributed by atoms with E-state index in [9.17, 15) is 9.50 Å². The lowest BCUT2D eigenvalue weighted by atomic mass is 10.1. The molecule has 0 heterocycles. The van der Waals surface area contributed by atoms with Crippen LogP contribution in [0.25, 0.3) is 0 Å². The van der Waals surface area contributed by atoms with Gasteiger partial charge in [0.15, 0.2) is 11.6 Å². The summed E-state index contributed by atoms with van der Waals surface area (Å²) in [6, 6.07) is 2.57. The van der Waals surface area contributed by atoms with Crippen LogP contribution in [0.1, 0.15) is 18.4 Å². The van der Waals surface area contributed by atoms with Crippen molar-refractivity contribution in [2.75, 3.05) is 0 Å². The number of phenolic OH excluding ortho intramolecular Hbond substituents is 1. The van der Waals surface area contributed by atoms with Crippen molar-refractivity contribution in [3.8, 4) is 5.75 Å². The van der Waals surface area contributed by atoms with Crippen LogP contribution in [-0.4, -0.2) is 10.2 Å². The van der Waals surface area contributed by atoms with Crippen molar-refractivity contribution in [3.63, 3.8) is 0 Å². The summed E-state index contributed by atoms with van der Waals surface area (Å²) < 4.78 is 12.9. The van der Waals surface area contributed by atoms with Gasteiger partial charge in [0.2, 0.25) is 0 Å². The van der Waals surface area contributed by atoms with Crippen LogP contribution < -0.4 is 0 Å². The van der Waals surface area contributed by atoms with Crippen molar-refractivity contribution < 1.29 is 14.6 Å². The Balaban J connectivity index is 2.50. The minimum absolute atomic E-state index is 0.157. The van der Waals surface area contributed by atoms with Crippen molar-refractivity contribution in [3.05, 3.63) is 28.5 Å². The van der Waals surface area contributed by atoms with E-state index in [1.807, 2.05) is 0 Å². The lowest BCUT2D eigenvalue weighted by Crippen LogP contribution is -2.04. The first-order valence-electron chi connectivity index (χ1n) is 3.94. The lowest BCUT2D eigenvalue weighted by Gasteiger charge is -2.09. The molecule has 1 aliphatic carbocycles. The fraction of sp³-hybridized carbons (Fsp3) is 0.333. The predicted molar refractivity (Wildman–Crippen MR) is 46.2 cm³/mol. The number of phenols is 1. The molecule has 1 saturated carbocycles. The third-order valence-corrected chi connectivity index (χ3v) is 2.54. The average Bonchev–Trinajstić information content (AvgIpc) is 2.80. The largest absolute Gasteiger partial charge is 0.505 e. The Morgan fingerprint density at radius 2 is 2.00 bits per heavy atom. The van der Waals surface area contributed by atoms with Crippen LogP contribution in [0, 0.1) is 5.82 Å². The van der Waals surface area contributed by atoms with Gasteiger partial charge in [0.25, 0.3) is 0 Å². The second-order valence-electron chi connectivity index (χ2n) is 3.32. The maximum Gasteiger partial charge on any atom is 0.183 e. The summed E-state index contributed by atoms with van der Waals surface area (Å²) in [6.07, 6.45) is 1.27. The average molecular weight is 203 g/mol. The molecule has 0 spiro atoms. The van der Waals surface area contributed by atoms with Gasteiger partial charge in [-0.1, -0.05) is 11.6 Å². The van der Waals surface area contributed by atoms with E-state index in [2.05, 4.69) is 0 Å². The third kappa shape index (κ3) is 1.38. The molecule has 1 aromatic carbocycles. The number of hydrogen-bond acceptors (Lipinski definition) is 2. The number of hydrogen-bond donors (Lipinski definition) is 2. The number of aromatic hydroxyl groups is 1. The van der Waals surface area contributed by atoms with Crippen molar-refractivity contribution in [1.29, 1.82) is 0 Å². The third-order valence-electron chi connectivity index (χ3n) is 2.27. The van der Waals surface area contributed by atoms with E-state index in [-0.39, 0.29) is 5.02 Å². The molecular weight excluding hydrogens is 195 g/mol. The predicted octanol–water partition coefficient (Wildman–Crippen LogP) is 2.17. The molecule has 1 fully saturated rings. The molecule has 0 saturated heterocycles. The van der Waals surface area contributed by atoms with Gasteiger partial charge in [0, 0.05) is 0 Å². The Hall–Kier alpha value is -0.800. The minimum atomic E-state index is -0.894. The maximum atomic E-state index is 12.9. The molecule has 1 aromatic rings. The van der Waals surface area contributed by atoms with E-state index in [1.54, 1.807) is 0 Å². The molecule has 0 atom stereocenters. The first-order chi connectivity index (χ1) is 6.03. The molecule has 2 N–H and O–H groups in total. The van der Waals surface area contributed by atoms with Gasteiger partial charge in [-0.2, -0.15) is 0 Å². The monoisotopic (exact) mass is 202 g/mol. The molecule has 70 valence electrons. The molecule has 0 bridgehead atoms. The summed E-state index contributed by atoms with van der Waals surface area (Å²) in [5, 5.41) is 18.6. The second-order valence-corrected chi connectivity index (χ2v) is 3.73. The summed E-state index contributed by atoms with van der Waals surface area (Å²) in [7, 11) is 0. The van der Waals surface area contributed by atoms with Crippen molar-refractivity contribution in [1.82, 2.24) is 0 Å². The van der Waals surface area contributed by atoms with E-state index >= 15 is 0 Å². The zero-order chi connectivity index (χ0) is 9.64. The first-order valence-corrected chi connectivity index (χ1v) is 4.31. The molecule has 0 amide bonds. The maximum absolute atomic E-state index is 12.9. The van der Waals surface area contributed by atoms with Crippen LogP contribution in [0.15, 0.2) is 12.1 Å². The molecular formula is C9H8ClFO2. The van der Waals surface area contributed by atoms with Crippen LogP contribution >= 0.6 is 11.6 Å².